The zero-order chi connectivity index (χ0) is 13.7. The summed E-state index contributed by atoms with van der Waals surface area (Å²) in [7, 11) is 2.02. The number of anilines is 2. The van der Waals surface area contributed by atoms with Gasteiger partial charge in [0, 0.05) is 38.6 Å². The van der Waals surface area contributed by atoms with Gasteiger partial charge in [-0.05, 0) is 25.5 Å². The molecule has 2 aromatic rings. The molecule has 5 heteroatoms. The van der Waals surface area contributed by atoms with Crippen molar-refractivity contribution in [1.82, 2.24) is 15.0 Å². The Kier molecular flexibility index (Phi) is 4.28. The molecule has 19 heavy (non-hydrogen) atoms. The first-order valence-electron chi connectivity index (χ1n) is 6.38. The fourth-order valence-corrected chi connectivity index (χ4v) is 1.87. The fourth-order valence-electron chi connectivity index (χ4n) is 1.87. The number of aromatic nitrogens is 3. The van der Waals surface area contributed by atoms with Crippen LogP contribution in [0.1, 0.15) is 18.3 Å². The number of nitrogens with one attached hydrogen (secondary N) is 1. The van der Waals surface area contributed by atoms with Gasteiger partial charge in [-0.1, -0.05) is 6.07 Å². The van der Waals surface area contributed by atoms with Gasteiger partial charge in [-0.2, -0.15) is 0 Å². The Balaban J connectivity index is 2.16. The smallest absolute Gasteiger partial charge is 0.134 e. The summed E-state index contributed by atoms with van der Waals surface area (Å²) in [5.41, 5.74) is 1.16. The highest BCUT2D eigenvalue weighted by Crippen LogP contribution is 2.16. The Bertz CT molecular complexity index is 527. The third-order valence-corrected chi connectivity index (χ3v) is 2.72. The lowest BCUT2D eigenvalue weighted by atomic mass is 10.2. The van der Waals surface area contributed by atoms with E-state index in [2.05, 4.69) is 38.2 Å². The van der Waals surface area contributed by atoms with Gasteiger partial charge in [0.15, 0.2) is 0 Å². The molecule has 0 saturated carbocycles. The molecule has 2 aromatic heterocycles. The molecule has 5 nitrogen and oxygen atoms in total. The molecule has 0 aliphatic rings. The van der Waals surface area contributed by atoms with Crippen LogP contribution in [0, 0.1) is 6.92 Å². The van der Waals surface area contributed by atoms with Gasteiger partial charge in [-0.3, -0.25) is 4.98 Å². The molecular formula is C14H19N5. The molecule has 0 spiro atoms. The Morgan fingerprint density at radius 3 is 2.84 bits per heavy atom. The maximum atomic E-state index is 4.47. The summed E-state index contributed by atoms with van der Waals surface area (Å²) >= 11 is 0. The van der Waals surface area contributed by atoms with Crippen LogP contribution in [-0.2, 0) is 6.54 Å². The molecule has 0 amide bonds. The summed E-state index contributed by atoms with van der Waals surface area (Å²) < 4.78 is 0. The highest BCUT2D eigenvalue weighted by atomic mass is 15.2. The van der Waals surface area contributed by atoms with Crippen LogP contribution < -0.4 is 10.2 Å². The molecular weight excluding hydrogens is 238 g/mol. The van der Waals surface area contributed by atoms with Crippen LogP contribution in [0.25, 0.3) is 0 Å². The van der Waals surface area contributed by atoms with Crippen molar-refractivity contribution >= 4 is 11.6 Å². The summed E-state index contributed by atoms with van der Waals surface area (Å²) in [5, 5.41) is 3.22. The number of nitrogens with zero attached hydrogens (tertiary/aromatic N) is 4. The summed E-state index contributed by atoms with van der Waals surface area (Å²) in [5.74, 6) is 2.54. The lowest BCUT2D eigenvalue weighted by molar-refractivity contribution is 0.874. The van der Waals surface area contributed by atoms with Crippen molar-refractivity contribution in [2.75, 3.05) is 23.8 Å². The van der Waals surface area contributed by atoms with Gasteiger partial charge in [0.25, 0.3) is 0 Å². The summed E-state index contributed by atoms with van der Waals surface area (Å²) in [6.45, 7) is 5.58. The minimum atomic E-state index is 0.770. The maximum absolute atomic E-state index is 4.47. The summed E-state index contributed by atoms with van der Waals surface area (Å²) in [4.78, 5) is 15.0. The molecule has 0 unspecified atom stereocenters. The summed E-state index contributed by atoms with van der Waals surface area (Å²) in [6.07, 6.45) is 3.65. The first kappa shape index (κ1) is 13.3. The molecule has 100 valence electrons. The maximum Gasteiger partial charge on any atom is 0.134 e. The average molecular weight is 257 g/mol. The van der Waals surface area contributed by atoms with E-state index < -0.39 is 0 Å². The topological polar surface area (TPSA) is 53.9 Å². The van der Waals surface area contributed by atoms with Crippen molar-refractivity contribution in [2.45, 2.75) is 20.4 Å². The van der Waals surface area contributed by atoms with E-state index in [0.29, 0.717) is 0 Å². The molecule has 1 N–H and O–H groups in total. The fraction of sp³-hybridized carbons (Fsp3) is 0.357. The molecule has 0 radical (unpaired) electrons. The highest BCUT2D eigenvalue weighted by Gasteiger charge is 2.07. The normalized spacial score (nSPS) is 10.3. The van der Waals surface area contributed by atoms with Crippen LogP contribution in [-0.4, -0.2) is 28.5 Å². The van der Waals surface area contributed by atoms with Crippen molar-refractivity contribution in [3.8, 4) is 0 Å². The van der Waals surface area contributed by atoms with E-state index >= 15 is 0 Å². The molecule has 0 saturated heterocycles. The second-order valence-electron chi connectivity index (χ2n) is 4.41. The van der Waals surface area contributed by atoms with Gasteiger partial charge in [0.1, 0.15) is 17.5 Å². The van der Waals surface area contributed by atoms with E-state index in [1.165, 1.54) is 0 Å². The molecule has 0 aliphatic carbocycles. The van der Waals surface area contributed by atoms with Crippen LogP contribution in [0.3, 0.4) is 0 Å². The van der Waals surface area contributed by atoms with Gasteiger partial charge < -0.3 is 10.2 Å². The second-order valence-corrected chi connectivity index (χ2v) is 4.41. The third-order valence-electron chi connectivity index (χ3n) is 2.72. The number of hydrogen-bond acceptors (Lipinski definition) is 5. The molecule has 2 heterocycles. The Labute approximate surface area is 113 Å². The quantitative estimate of drug-likeness (QED) is 0.890. The molecule has 0 atom stereocenters. The molecule has 2 rings (SSSR count). The van der Waals surface area contributed by atoms with E-state index in [1.807, 2.05) is 32.3 Å². The van der Waals surface area contributed by atoms with Gasteiger partial charge in [0.05, 0.1) is 0 Å². The summed E-state index contributed by atoms with van der Waals surface area (Å²) in [6, 6.07) is 5.97. The van der Waals surface area contributed by atoms with Crippen molar-refractivity contribution in [2.24, 2.45) is 0 Å². The van der Waals surface area contributed by atoms with E-state index in [4.69, 9.17) is 0 Å². The predicted octanol–water partition coefficient (Wildman–Crippen LogP) is 2.25. The first-order valence-corrected chi connectivity index (χ1v) is 6.38. The SMILES string of the molecule is CCNc1cc(N(C)Cc2cccnc2)nc(C)n1. The Hall–Kier alpha value is -2.17. The van der Waals surface area contributed by atoms with E-state index in [1.54, 1.807) is 6.20 Å². The van der Waals surface area contributed by atoms with Crippen molar-refractivity contribution in [1.29, 1.82) is 0 Å². The lowest BCUT2D eigenvalue weighted by Gasteiger charge is -2.19. The molecule has 0 fully saturated rings. The second kappa shape index (κ2) is 6.13. The van der Waals surface area contributed by atoms with Crippen LogP contribution in [0.5, 0.6) is 0 Å². The standard InChI is InChI=1S/C14H19N5/c1-4-16-13-8-14(18-11(2)17-13)19(3)10-12-6-5-7-15-9-12/h5-9H,4,10H2,1-3H3,(H,16,17,18). The third kappa shape index (κ3) is 3.64. The molecule has 0 aliphatic heterocycles. The van der Waals surface area contributed by atoms with Gasteiger partial charge in [-0.25, -0.2) is 9.97 Å². The Morgan fingerprint density at radius 2 is 2.16 bits per heavy atom. The zero-order valence-corrected chi connectivity index (χ0v) is 11.6. The number of rotatable bonds is 5. The molecule has 0 aromatic carbocycles. The highest BCUT2D eigenvalue weighted by molar-refractivity contribution is 5.49. The van der Waals surface area contributed by atoms with Crippen molar-refractivity contribution in [3.05, 3.63) is 42.0 Å². The average Bonchev–Trinajstić information content (AvgIpc) is 2.39. The monoisotopic (exact) mass is 257 g/mol. The largest absolute Gasteiger partial charge is 0.370 e. The lowest BCUT2D eigenvalue weighted by Crippen LogP contribution is -2.19. The Morgan fingerprint density at radius 1 is 1.32 bits per heavy atom. The molecule has 0 bridgehead atoms. The number of pyridine rings is 1. The van der Waals surface area contributed by atoms with Crippen molar-refractivity contribution < 1.29 is 0 Å². The van der Waals surface area contributed by atoms with E-state index in [-0.39, 0.29) is 0 Å². The van der Waals surface area contributed by atoms with Gasteiger partial charge >= 0.3 is 0 Å². The van der Waals surface area contributed by atoms with Gasteiger partial charge in [0.2, 0.25) is 0 Å². The number of aryl methyl sites for hydroxylation is 1. The van der Waals surface area contributed by atoms with E-state index in [9.17, 15) is 0 Å². The number of hydrogen-bond donors (Lipinski definition) is 1. The van der Waals surface area contributed by atoms with Crippen LogP contribution >= 0.6 is 0 Å². The van der Waals surface area contributed by atoms with E-state index in [0.717, 1.165) is 36.1 Å². The van der Waals surface area contributed by atoms with Crippen molar-refractivity contribution in [3.63, 3.8) is 0 Å². The zero-order valence-electron chi connectivity index (χ0n) is 11.6. The first-order chi connectivity index (χ1) is 9.19. The van der Waals surface area contributed by atoms with Crippen LogP contribution in [0.4, 0.5) is 11.6 Å². The minimum Gasteiger partial charge on any atom is -0.370 e. The predicted molar refractivity (Wildman–Crippen MR) is 77.3 cm³/mol. The van der Waals surface area contributed by atoms with Crippen LogP contribution in [0.2, 0.25) is 0 Å². The minimum absolute atomic E-state index is 0.770. The van der Waals surface area contributed by atoms with Gasteiger partial charge in [-0.15, -0.1) is 0 Å². The van der Waals surface area contributed by atoms with Crippen LogP contribution in [0.15, 0.2) is 30.6 Å².